The number of ether oxygens (including phenoxy) is 1. The van der Waals surface area contributed by atoms with Crippen molar-refractivity contribution in [2.75, 3.05) is 6.61 Å². The van der Waals surface area contributed by atoms with E-state index in [0.717, 1.165) is 25.7 Å². The van der Waals surface area contributed by atoms with Gasteiger partial charge in [-0.1, -0.05) is 31.2 Å². The van der Waals surface area contributed by atoms with Crippen LogP contribution in [0.2, 0.25) is 0 Å². The molecule has 0 aliphatic heterocycles. The van der Waals surface area contributed by atoms with Crippen molar-refractivity contribution in [1.29, 1.82) is 0 Å². The van der Waals surface area contributed by atoms with E-state index in [0.29, 0.717) is 6.61 Å². The average Bonchev–Trinajstić information content (AvgIpc) is 2.44. The van der Waals surface area contributed by atoms with Crippen LogP contribution in [-0.2, 0) is 22.4 Å². The highest BCUT2D eigenvalue weighted by Crippen LogP contribution is 2.21. The standard InChI is InChI=1S/C16H23NO2/c1-3-15(19-4-2)16(18)17-14-10-9-12-7-5-6-8-13(12)11-14/h5-8,14-15H,3-4,9-11H2,1-2H3,(H,17,18)/t14-,15-/m1/s1. The summed E-state index contributed by atoms with van der Waals surface area (Å²) in [5.74, 6) is 0.0359. The molecule has 0 aromatic heterocycles. The third-order valence-corrected chi connectivity index (χ3v) is 3.72. The van der Waals surface area contributed by atoms with E-state index in [-0.39, 0.29) is 18.1 Å². The summed E-state index contributed by atoms with van der Waals surface area (Å²) in [5.41, 5.74) is 2.79. The minimum Gasteiger partial charge on any atom is -0.369 e. The summed E-state index contributed by atoms with van der Waals surface area (Å²) < 4.78 is 5.45. The molecule has 1 aromatic rings. The smallest absolute Gasteiger partial charge is 0.249 e. The Morgan fingerprint density at radius 3 is 2.79 bits per heavy atom. The predicted octanol–water partition coefficient (Wildman–Crippen LogP) is 2.48. The van der Waals surface area contributed by atoms with Crippen LogP contribution in [0, 0.1) is 0 Å². The molecule has 1 aromatic carbocycles. The van der Waals surface area contributed by atoms with Crippen molar-refractivity contribution in [1.82, 2.24) is 5.32 Å². The van der Waals surface area contributed by atoms with Crippen molar-refractivity contribution in [2.45, 2.75) is 51.7 Å². The van der Waals surface area contributed by atoms with E-state index in [4.69, 9.17) is 4.74 Å². The number of amides is 1. The number of hydrogen-bond acceptors (Lipinski definition) is 2. The van der Waals surface area contributed by atoms with Crippen LogP contribution >= 0.6 is 0 Å². The fraction of sp³-hybridized carbons (Fsp3) is 0.562. The lowest BCUT2D eigenvalue weighted by atomic mass is 9.88. The minimum absolute atomic E-state index is 0.0359. The Bertz CT molecular complexity index is 431. The normalized spacial score (nSPS) is 19.6. The van der Waals surface area contributed by atoms with Crippen molar-refractivity contribution in [2.24, 2.45) is 0 Å². The van der Waals surface area contributed by atoms with Crippen LogP contribution < -0.4 is 5.32 Å². The second-order valence-corrected chi connectivity index (χ2v) is 5.07. The highest BCUT2D eigenvalue weighted by Gasteiger charge is 2.23. The second-order valence-electron chi connectivity index (χ2n) is 5.07. The molecule has 0 heterocycles. The molecule has 0 saturated carbocycles. The maximum absolute atomic E-state index is 12.1. The van der Waals surface area contributed by atoms with Gasteiger partial charge in [-0.2, -0.15) is 0 Å². The Morgan fingerprint density at radius 2 is 2.11 bits per heavy atom. The lowest BCUT2D eigenvalue weighted by Crippen LogP contribution is -2.44. The molecule has 0 fully saturated rings. The molecular formula is C16H23NO2. The zero-order valence-corrected chi connectivity index (χ0v) is 11.8. The molecule has 2 rings (SSSR count). The highest BCUT2D eigenvalue weighted by atomic mass is 16.5. The summed E-state index contributed by atoms with van der Waals surface area (Å²) in [6.45, 7) is 4.49. The lowest BCUT2D eigenvalue weighted by molar-refractivity contribution is -0.133. The van der Waals surface area contributed by atoms with E-state index in [1.807, 2.05) is 13.8 Å². The summed E-state index contributed by atoms with van der Waals surface area (Å²) in [6, 6.07) is 8.74. The SMILES string of the molecule is CCO[C@H](CC)C(=O)N[C@@H]1CCc2ccccc2C1. The van der Waals surface area contributed by atoms with Gasteiger partial charge in [0, 0.05) is 12.6 Å². The molecule has 1 aliphatic rings. The van der Waals surface area contributed by atoms with Crippen LogP contribution in [-0.4, -0.2) is 24.7 Å². The van der Waals surface area contributed by atoms with Crippen LogP contribution in [0.1, 0.15) is 37.8 Å². The molecule has 0 bridgehead atoms. The molecule has 1 amide bonds. The van der Waals surface area contributed by atoms with Crippen molar-refractivity contribution in [3.8, 4) is 0 Å². The molecule has 104 valence electrons. The lowest BCUT2D eigenvalue weighted by Gasteiger charge is -2.27. The Kier molecular flexibility index (Phi) is 4.97. The molecule has 0 spiro atoms. The van der Waals surface area contributed by atoms with Crippen LogP contribution in [0.15, 0.2) is 24.3 Å². The maximum atomic E-state index is 12.1. The van der Waals surface area contributed by atoms with Crippen molar-refractivity contribution >= 4 is 5.91 Å². The van der Waals surface area contributed by atoms with Gasteiger partial charge in [-0.25, -0.2) is 0 Å². The second kappa shape index (κ2) is 6.71. The summed E-state index contributed by atoms with van der Waals surface area (Å²) in [4.78, 5) is 12.1. The molecule has 3 heteroatoms. The highest BCUT2D eigenvalue weighted by molar-refractivity contribution is 5.81. The monoisotopic (exact) mass is 261 g/mol. The van der Waals surface area contributed by atoms with Gasteiger partial charge in [-0.05, 0) is 43.7 Å². The number of rotatable bonds is 5. The Morgan fingerprint density at radius 1 is 1.37 bits per heavy atom. The van der Waals surface area contributed by atoms with Crippen molar-refractivity contribution in [3.05, 3.63) is 35.4 Å². The fourth-order valence-corrected chi connectivity index (χ4v) is 2.70. The van der Waals surface area contributed by atoms with E-state index < -0.39 is 0 Å². The number of fused-ring (bicyclic) bond motifs is 1. The largest absolute Gasteiger partial charge is 0.369 e. The maximum Gasteiger partial charge on any atom is 0.249 e. The van der Waals surface area contributed by atoms with Gasteiger partial charge < -0.3 is 10.1 Å². The first-order valence-electron chi connectivity index (χ1n) is 7.23. The topological polar surface area (TPSA) is 38.3 Å². The van der Waals surface area contributed by atoms with Gasteiger partial charge in [0.15, 0.2) is 0 Å². The van der Waals surface area contributed by atoms with Gasteiger partial charge in [0.2, 0.25) is 5.91 Å². The van der Waals surface area contributed by atoms with Gasteiger partial charge in [-0.15, -0.1) is 0 Å². The first-order chi connectivity index (χ1) is 9.24. The number of nitrogens with one attached hydrogen (secondary N) is 1. The van der Waals surface area contributed by atoms with E-state index in [1.54, 1.807) is 0 Å². The quantitative estimate of drug-likeness (QED) is 0.884. The first kappa shape index (κ1) is 14.1. The first-order valence-corrected chi connectivity index (χ1v) is 7.23. The van der Waals surface area contributed by atoms with Crippen LogP contribution in [0.5, 0.6) is 0 Å². The van der Waals surface area contributed by atoms with Crippen LogP contribution in [0.4, 0.5) is 0 Å². The Hall–Kier alpha value is -1.35. The molecule has 0 radical (unpaired) electrons. The van der Waals surface area contributed by atoms with E-state index in [2.05, 4.69) is 29.6 Å². The van der Waals surface area contributed by atoms with Gasteiger partial charge in [0.25, 0.3) is 0 Å². The Labute approximate surface area is 115 Å². The molecule has 1 N–H and O–H groups in total. The molecule has 3 nitrogen and oxygen atoms in total. The molecule has 0 saturated heterocycles. The minimum atomic E-state index is -0.304. The van der Waals surface area contributed by atoms with E-state index in [1.165, 1.54) is 11.1 Å². The van der Waals surface area contributed by atoms with Gasteiger partial charge in [-0.3, -0.25) is 4.79 Å². The molecule has 0 unspecified atom stereocenters. The number of carbonyl (C=O) groups is 1. The molecule has 2 atom stereocenters. The number of aryl methyl sites for hydroxylation is 1. The number of benzene rings is 1. The summed E-state index contributed by atoms with van der Waals surface area (Å²) in [6.07, 6.45) is 3.42. The number of carbonyl (C=O) groups excluding carboxylic acids is 1. The molecular weight excluding hydrogens is 238 g/mol. The van der Waals surface area contributed by atoms with Crippen LogP contribution in [0.3, 0.4) is 0 Å². The van der Waals surface area contributed by atoms with Crippen LogP contribution in [0.25, 0.3) is 0 Å². The fourth-order valence-electron chi connectivity index (χ4n) is 2.70. The summed E-state index contributed by atoms with van der Waals surface area (Å²) >= 11 is 0. The summed E-state index contributed by atoms with van der Waals surface area (Å²) in [7, 11) is 0. The zero-order chi connectivity index (χ0) is 13.7. The van der Waals surface area contributed by atoms with E-state index >= 15 is 0 Å². The van der Waals surface area contributed by atoms with E-state index in [9.17, 15) is 4.79 Å². The number of hydrogen-bond donors (Lipinski definition) is 1. The van der Waals surface area contributed by atoms with Gasteiger partial charge >= 0.3 is 0 Å². The van der Waals surface area contributed by atoms with Crippen molar-refractivity contribution in [3.63, 3.8) is 0 Å². The molecule has 19 heavy (non-hydrogen) atoms. The third kappa shape index (κ3) is 3.57. The van der Waals surface area contributed by atoms with Gasteiger partial charge in [0.1, 0.15) is 6.10 Å². The van der Waals surface area contributed by atoms with Crippen molar-refractivity contribution < 1.29 is 9.53 Å². The summed E-state index contributed by atoms with van der Waals surface area (Å²) in [5, 5.41) is 3.13. The average molecular weight is 261 g/mol. The Balaban J connectivity index is 1.93. The third-order valence-electron chi connectivity index (χ3n) is 3.72. The predicted molar refractivity (Wildman–Crippen MR) is 76.1 cm³/mol. The van der Waals surface area contributed by atoms with Gasteiger partial charge in [0.05, 0.1) is 0 Å². The molecule has 1 aliphatic carbocycles. The zero-order valence-electron chi connectivity index (χ0n) is 11.8.